The molecule has 0 radical (unpaired) electrons. The topological polar surface area (TPSA) is 82.0 Å². The van der Waals surface area contributed by atoms with E-state index in [0.717, 1.165) is 5.56 Å². The SMILES string of the molecule is Cl.O=C(O)Nc1cccc(CC(=O)N2CCC(c3cc(Cl)ccc3Cl)=N2)c1. The van der Waals surface area contributed by atoms with Crippen molar-refractivity contribution in [3.05, 3.63) is 63.6 Å². The van der Waals surface area contributed by atoms with Crippen molar-refractivity contribution in [3.8, 4) is 0 Å². The van der Waals surface area contributed by atoms with Crippen LogP contribution in [-0.2, 0) is 11.2 Å². The summed E-state index contributed by atoms with van der Waals surface area (Å²) in [4.78, 5) is 23.2. The van der Waals surface area contributed by atoms with E-state index in [0.29, 0.717) is 40.0 Å². The summed E-state index contributed by atoms with van der Waals surface area (Å²) in [5.74, 6) is -0.175. The highest BCUT2D eigenvalue weighted by molar-refractivity contribution is 6.36. The zero-order valence-corrected chi connectivity index (χ0v) is 16.3. The molecule has 1 heterocycles. The average molecular weight is 429 g/mol. The minimum Gasteiger partial charge on any atom is -0.465 e. The van der Waals surface area contributed by atoms with Crippen LogP contribution in [0.2, 0.25) is 10.0 Å². The molecule has 0 spiro atoms. The van der Waals surface area contributed by atoms with Gasteiger partial charge in [-0.25, -0.2) is 9.80 Å². The van der Waals surface area contributed by atoms with E-state index in [4.69, 9.17) is 28.3 Å². The number of hydrazone groups is 1. The van der Waals surface area contributed by atoms with Gasteiger partial charge in [0.1, 0.15) is 0 Å². The second-order valence-corrected chi connectivity index (χ2v) is 6.59. The molecule has 6 nitrogen and oxygen atoms in total. The molecule has 1 aliphatic heterocycles. The summed E-state index contributed by atoms with van der Waals surface area (Å²) in [7, 11) is 0. The van der Waals surface area contributed by atoms with Crippen LogP contribution in [0.1, 0.15) is 17.5 Å². The smallest absolute Gasteiger partial charge is 0.409 e. The number of carboxylic acid groups (broad SMARTS) is 1. The minimum atomic E-state index is -1.15. The number of nitrogens with one attached hydrogen (secondary N) is 1. The molecule has 2 amide bonds. The van der Waals surface area contributed by atoms with Crippen LogP contribution < -0.4 is 5.32 Å². The van der Waals surface area contributed by atoms with E-state index in [-0.39, 0.29) is 24.7 Å². The Hall–Kier alpha value is -2.28. The number of hydrogen-bond donors (Lipinski definition) is 2. The van der Waals surface area contributed by atoms with E-state index in [1.54, 1.807) is 42.5 Å². The maximum Gasteiger partial charge on any atom is 0.409 e. The molecule has 0 aliphatic carbocycles. The fourth-order valence-corrected chi connectivity index (χ4v) is 3.09. The molecule has 0 saturated heterocycles. The maximum absolute atomic E-state index is 12.5. The van der Waals surface area contributed by atoms with Crippen LogP contribution in [0.3, 0.4) is 0 Å². The minimum absolute atomic E-state index is 0. The van der Waals surface area contributed by atoms with Crippen LogP contribution in [0.4, 0.5) is 10.5 Å². The Labute approximate surface area is 172 Å². The van der Waals surface area contributed by atoms with Gasteiger partial charge < -0.3 is 5.11 Å². The standard InChI is InChI=1S/C18H15Cl2N3O3.ClH/c19-12-4-5-15(20)14(10-12)16-6-7-23(22-16)17(24)9-11-2-1-3-13(8-11)21-18(25)26;/h1-5,8,10,21H,6-7,9H2,(H,25,26);1H. The number of anilines is 1. The molecule has 2 N–H and O–H groups in total. The first-order valence-corrected chi connectivity index (χ1v) is 8.60. The Morgan fingerprint density at radius 1 is 1.19 bits per heavy atom. The molecule has 27 heavy (non-hydrogen) atoms. The summed E-state index contributed by atoms with van der Waals surface area (Å²) in [6, 6.07) is 11.8. The quantitative estimate of drug-likeness (QED) is 0.741. The zero-order valence-electron chi connectivity index (χ0n) is 14.0. The van der Waals surface area contributed by atoms with Gasteiger partial charge in [0.2, 0.25) is 5.91 Å². The number of carbonyl (C=O) groups excluding carboxylic acids is 1. The fraction of sp³-hybridized carbons (Fsp3) is 0.167. The first-order chi connectivity index (χ1) is 12.4. The van der Waals surface area contributed by atoms with Gasteiger partial charge in [-0.3, -0.25) is 10.1 Å². The predicted octanol–water partition coefficient (Wildman–Crippen LogP) is 4.68. The van der Waals surface area contributed by atoms with Crippen molar-refractivity contribution in [1.82, 2.24) is 5.01 Å². The van der Waals surface area contributed by atoms with Crippen molar-refractivity contribution in [2.75, 3.05) is 11.9 Å². The lowest BCUT2D eigenvalue weighted by atomic mass is 10.1. The highest BCUT2D eigenvalue weighted by Crippen LogP contribution is 2.25. The van der Waals surface area contributed by atoms with E-state index in [1.807, 2.05) is 0 Å². The third kappa shape index (κ3) is 5.35. The molecular weight excluding hydrogens is 413 g/mol. The second-order valence-electron chi connectivity index (χ2n) is 5.75. The highest BCUT2D eigenvalue weighted by atomic mass is 35.5. The predicted molar refractivity (Wildman–Crippen MR) is 108 cm³/mol. The molecule has 9 heteroatoms. The molecule has 0 bridgehead atoms. The van der Waals surface area contributed by atoms with Gasteiger partial charge in [0, 0.05) is 27.7 Å². The molecule has 0 aromatic heterocycles. The summed E-state index contributed by atoms with van der Waals surface area (Å²) in [5, 5.41) is 17.9. The number of nitrogens with zero attached hydrogens (tertiary/aromatic N) is 2. The highest BCUT2D eigenvalue weighted by Gasteiger charge is 2.23. The van der Waals surface area contributed by atoms with Crippen molar-refractivity contribution in [1.29, 1.82) is 0 Å². The number of halogens is 3. The molecule has 142 valence electrons. The number of rotatable bonds is 4. The number of amides is 2. The molecule has 1 aliphatic rings. The van der Waals surface area contributed by atoms with Crippen LogP contribution in [0.25, 0.3) is 0 Å². The molecule has 0 saturated carbocycles. The van der Waals surface area contributed by atoms with Gasteiger partial charge in [0.05, 0.1) is 18.7 Å². The second kappa shape index (κ2) is 9.08. The van der Waals surface area contributed by atoms with E-state index >= 15 is 0 Å². The van der Waals surface area contributed by atoms with Gasteiger partial charge in [-0.05, 0) is 35.9 Å². The number of carbonyl (C=O) groups is 2. The van der Waals surface area contributed by atoms with E-state index in [1.165, 1.54) is 5.01 Å². The summed E-state index contributed by atoms with van der Waals surface area (Å²) in [6.45, 7) is 0.462. The Bertz CT molecular complexity index is 902. The monoisotopic (exact) mass is 427 g/mol. The lowest BCUT2D eigenvalue weighted by Gasteiger charge is -2.12. The maximum atomic E-state index is 12.5. The third-order valence-corrected chi connectivity index (χ3v) is 4.43. The summed E-state index contributed by atoms with van der Waals surface area (Å²) >= 11 is 12.2. The number of benzene rings is 2. The zero-order chi connectivity index (χ0) is 18.7. The Morgan fingerprint density at radius 2 is 1.96 bits per heavy atom. The van der Waals surface area contributed by atoms with Crippen LogP contribution in [0.5, 0.6) is 0 Å². The molecule has 0 fully saturated rings. The third-order valence-electron chi connectivity index (χ3n) is 3.86. The van der Waals surface area contributed by atoms with Gasteiger partial charge in [-0.1, -0.05) is 35.3 Å². The van der Waals surface area contributed by atoms with Crippen LogP contribution >= 0.6 is 35.6 Å². The summed E-state index contributed by atoms with van der Waals surface area (Å²) < 4.78 is 0. The van der Waals surface area contributed by atoms with Gasteiger partial charge >= 0.3 is 6.09 Å². The Balaban J connectivity index is 0.00000261. The molecule has 2 aromatic rings. The molecule has 0 atom stereocenters. The molecule has 0 unspecified atom stereocenters. The van der Waals surface area contributed by atoms with Gasteiger partial charge in [0.15, 0.2) is 0 Å². The molecular formula is C18H16Cl3N3O3. The Kier molecular flexibility index (Phi) is 7.07. The molecule has 2 aromatic carbocycles. The van der Waals surface area contributed by atoms with Crippen molar-refractivity contribution in [2.45, 2.75) is 12.8 Å². The van der Waals surface area contributed by atoms with Gasteiger partial charge in [-0.2, -0.15) is 5.10 Å². The summed E-state index contributed by atoms with van der Waals surface area (Å²) in [5.41, 5.74) is 2.55. The van der Waals surface area contributed by atoms with E-state index in [2.05, 4.69) is 10.4 Å². The lowest BCUT2D eigenvalue weighted by Crippen LogP contribution is -2.25. The van der Waals surface area contributed by atoms with Crippen LogP contribution in [-0.4, -0.2) is 34.4 Å². The first kappa shape index (κ1) is 21.0. The van der Waals surface area contributed by atoms with Crippen LogP contribution in [0.15, 0.2) is 47.6 Å². The lowest BCUT2D eigenvalue weighted by molar-refractivity contribution is -0.130. The largest absolute Gasteiger partial charge is 0.465 e. The van der Waals surface area contributed by atoms with E-state index in [9.17, 15) is 9.59 Å². The van der Waals surface area contributed by atoms with Gasteiger partial charge in [0.25, 0.3) is 0 Å². The van der Waals surface area contributed by atoms with E-state index < -0.39 is 6.09 Å². The first-order valence-electron chi connectivity index (χ1n) is 7.84. The molecule has 3 rings (SSSR count). The van der Waals surface area contributed by atoms with Crippen molar-refractivity contribution in [2.24, 2.45) is 5.10 Å². The van der Waals surface area contributed by atoms with Crippen molar-refractivity contribution >= 4 is 59.0 Å². The van der Waals surface area contributed by atoms with Gasteiger partial charge in [-0.15, -0.1) is 12.4 Å². The summed E-state index contributed by atoms with van der Waals surface area (Å²) in [6.07, 6.45) is -0.442. The fourth-order valence-electron chi connectivity index (χ4n) is 2.69. The normalized spacial score (nSPS) is 13.0. The van der Waals surface area contributed by atoms with Crippen molar-refractivity contribution in [3.63, 3.8) is 0 Å². The Morgan fingerprint density at radius 3 is 2.70 bits per heavy atom. The van der Waals surface area contributed by atoms with Crippen LogP contribution in [0, 0.1) is 0 Å². The average Bonchev–Trinajstić information content (AvgIpc) is 3.07. The number of hydrogen-bond acceptors (Lipinski definition) is 3. The van der Waals surface area contributed by atoms with Crippen molar-refractivity contribution < 1.29 is 14.7 Å².